The van der Waals surface area contributed by atoms with Gasteiger partial charge in [-0.15, -0.1) is 0 Å². The fraction of sp³-hybridized carbons (Fsp3) is 0.579. The number of carbonyl (C=O) groups excluding carboxylic acids is 1. The smallest absolute Gasteiger partial charge is 0.276 e. The molecule has 0 radical (unpaired) electrons. The van der Waals surface area contributed by atoms with Crippen molar-refractivity contribution in [3.8, 4) is 0 Å². The van der Waals surface area contributed by atoms with Crippen LogP contribution in [-0.4, -0.2) is 57.5 Å². The van der Waals surface area contributed by atoms with Gasteiger partial charge in [-0.25, -0.2) is 9.97 Å². The molecule has 0 spiro atoms. The van der Waals surface area contributed by atoms with Crippen LogP contribution in [0.3, 0.4) is 0 Å². The Labute approximate surface area is 152 Å². The number of likely N-dealkylation sites (tertiary alicyclic amines) is 1. The van der Waals surface area contributed by atoms with E-state index in [-0.39, 0.29) is 11.8 Å². The molecule has 2 aliphatic heterocycles. The van der Waals surface area contributed by atoms with Gasteiger partial charge < -0.3 is 14.3 Å². The number of aromatic nitrogens is 3. The van der Waals surface area contributed by atoms with Crippen molar-refractivity contribution in [2.45, 2.75) is 44.1 Å². The van der Waals surface area contributed by atoms with Crippen molar-refractivity contribution in [3.63, 3.8) is 0 Å². The van der Waals surface area contributed by atoms with Crippen LogP contribution in [0.4, 0.5) is 0 Å². The molecule has 2 fully saturated rings. The van der Waals surface area contributed by atoms with Crippen LogP contribution in [-0.2, 0) is 13.0 Å². The van der Waals surface area contributed by atoms with Crippen LogP contribution in [0.25, 0.3) is 0 Å². The van der Waals surface area contributed by atoms with Crippen LogP contribution >= 0.6 is 0 Å². The van der Waals surface area contributed by atoms with Gasteiger partial charge in [0.05, 0.1) is 0 Å². The summed E-state index contributed by atoms with van der Waals surface area (Å²) in [6.45, 7) is 3.33. The number of carbonyl (C=O) groups is 1. The van der Waals surface area contributed by atoms with Crippen LogP contribution in [0.5, 0.6) is 0 Å². The molecule has 1 amide bonds. The zero-order valence-electron chi connectivity index (χ0n) is 15.0. The van der Waals surface area contributed by atoms with Gasteiger partial charge in [0, 0.05) is 68.0 Å². The van der Waals surface area contributed by atoms with E-state index in [0.717, 1.165) is 56.9 Å². The number of hydrogen-bond donors (Lipinski definition) is 0. The maximum atomic E-state index is 12.7. The first-order valence-electron chi connectivity index (χ1n) is 9.46. The Hall–Kier alpha value is -2.28. The highest BCUT2D eigenvalue weighted by atomic mass is 16.5. The largest absolute Gasteiger partial charge is 0.360 e. The average Bonchev–Trinajstić information content (AvgIpc) is 3.19. The molecule has 1 unspecified atom stereocenters. The third-order valence-corrected chi connectivity index (χ3v) is 5.71. The first-order chi connectivity index (χ1) is 12.7. The zero-order valence-corrected chi connectivity index (χ0v) is 15.0. The molecule has 1 saturated heterocycles. The van der Waals surface area contributed by atoms with Gasteiger partial charge >= 0.3 is 0 Å². The van der Waals surface area contributed by atoms with Crippen LogP contribution in [0.2, 0.25) is 0 Å². The Morgan fingerprint density at radius 2 is 2.12 bits per heavy atom. The Balaban J connectivity index is 1.28. The van der Waals surface area contributed by atoms with E-state index >= 15 is 0 Å². The molecular weight excluding hydrogens is 330 g/mol. The van der Waals surface area contributed by atoms with Crippen molar-refractivity contribution in [1.82, 2.24) is 24.9 Å². The minimum absolute atomic E-state index is 0.0391. The summed E-state index contributed by atoms with van der Waals surface area (Å²) in [5.74, 6) is 2.37. The highest BCUT2D eigenvalue weighted by Gasteiger charge is 2.33. The molecule has 26 heavy (non-hydrogen) atoms. The number of amides is 1. The monoisotopic (exact) mass is 353 g/mol. The van der Waals surface area contributed by atoms with Gasteiger partial charge in [0.2, 0.25) is 0 Å². The van der Waals surface area contributed by atoms with Crippen LogP contribution in [0.1, 0.15) is 64.4 Å². The molecule has 136 valence electrons. The predicted octanol–water partition coefficient (Wildman–Crippen LogP) is 1.96. The lowest BCUT2D eigenvalue weighted by Gasteiger charge is -2.24. The maximum Gasteiger partial charge on any atom is 0.276 e. The number of hydrogen-bond acceptors (Lipinski definition) is 6. The van der Waals surface area contributed by atoms with Gasteiger partial charge in [-0.05, 0) is 26.3 Å². The molecule has 0 aromatic carbocycles. The highest BCUT2D eigenvalue weighted by molar-refractivity contribution is 5.92. The number of fused-ring (bicyclic) bond motifs is 1. The molecule has 5 rings (SSSR count). The van der Waals surface area contributed by atoms with Gasteiger partial charge in [-0.2, -0.15) is 0 Å². The topological polar surface area (TPSA) is 75.4 Å². The summed E-state index contributed by atoms with van der Waals surface area (Å²) < 4.78 is 5.33. The molecule has 4 heterocycles. The van der Waals surface area contributed by atoms with Gasteiger partial charge in [-0.3, -0.25) is 4.79 Å². The summed E-state index contributed by atoms with van der Waals surface area (Å²) in [6.07, 6.45) is 6.12. The lowest BCUT2D eigenvalue weighted by molar-refractivity contribution is 0.0780. The van der Waals surface area contributed by atoms with Crippen LogP contribution in [0, 0.1) is 0 Å². The lowest BCUT2D eigenvalue weighted by atomic mass is 10.1. The number of rotatable bonds is 3. The normalized spacial score (nSPS) is 23.3. The van der Waals surface area contributed by atoms with E-state index in [4.69, 9.17) is 9.51 Å². The summed E-state index contributed by atoms with van der Waals surface area (Å²) in [6, 6.07) is 1.82. The summed E-state index contributed by atoms with van der Waals surface area (Å²) in [4.78, 5) is 26.3. The molecule has 2 aromatic heterocycles. The molecule has 3 aliphatic rings. The Morgan fingerprint density at radius 3 is 2.96 bits per heavy atom. The molecule has 1 saturated carbocycles. The van der Waals surface area contributed by atoms with Crippen molar-refractivity contribution in [2.24, 2.45) is 0 Å². The third-order valence-electron chi connectivity index (χ3n) is 5.71. The van der Waals surface area contributed by atoms with Crippen molar-refractivity contribution >= 4 is 5.91 Å². The first kappa shape index (κ1) is 15.9. The van der Waals surface area contributed by atoms with Crippen LogP contribution in [0.15, 0.2) is 16.8 Å². The van der Waals surface area contributed by atoms with Crippen LogP contribution < -0.4 is 0 Å². The van der Waals surface area contributed by atoms with E-state index in [2.05, 4.69) is 22.1 Å². The average molecular weight is 353 g/mol. The molecule has 7 heteroatoms. The molecule has 1 atom stereocenters. The molecule has 2 aromatic rings. The van der Waals surface area contributed by atoms with E-state index in [0.29, 0.717) is 18.2 Å². The van der Waals surface area contributed by atoms with Gasteiger partial charge in [0.15, 0.2) is 5.69 Å². The van der Waals surface area contributed by atoms with Gasteiger partial charge in [-0.1, -0.05) is 5.16 Å². The Morgan fingerprint density at radius 1 is 1.23 bits per heavy atom. The quantitative estimate of drug-likeness (QED) is 0.840. The SMILES string of the molecule is CN1CCc2nc(C3CCN(C(=O)c4cc(C5CC5)on4)C3)ncc2C1. The molecule has 7 nitrogen and oxygen atoms in total. The number of nitrogens with zero attached hydrogens (tertiary/aromatic N) is 5. The van der Waals surface area contributed by atoms with E-state index in [1.165, 1.54) is 11.3 Å². The molecule has 0 bridgehead atoms. The lowest BCUT2D eigenvalue weighted by Crippen LogP contribution is -2.29. The fourth-order valence-electron chi connectivity index (χ4n) is 3.94. The predicted molar refractivity (Wildman–Crippen MR) is 93.8 cm³/mol. The minimum Gasteiger partial charge on any atom is -0.360 e. The minimum atomic E-state index is -0.0391. The second-order valence-electron chi connectivity index (χ2n) is 7.81. The van der Waals surface area contributed by atoms with E-state index in [9.17, 15) is 4.79 Å². The summed E-state index contributed by atoms with van der Waals surface area (Å²) in [5, 5.41) is 3.98. The second kappa shape index (κ2) is 6.16. The van der Waals surface area contributed by atoms with E-state index in [1.54, 1.807) is 0 Å². The van der Waals surface area contributed by atoms with Crippen molar-refractivity contribution in [1.29, 1.82) is 0 Å². The number of likely N-dealkylation sites (N-methyl/N-ethyl adjacent to an activating group) is 1. The second-order valence-corrected chi connectivity index (χ2v) is 7.81. The third kappa shape index (κ3) is 2.90. The summed E-state index contributed by atoms with van der Waals surface area (Å²) >= 11 is 0. The molecule has 0 N–H and O–H groups in total. The summed E-state index contributed by atoms with van der Waals surface area (Å²) in [5.41, 5.74) is 2.83. The molecular formula is C19H23N5O2. The maximum absolute atomic E-state index is 12.7. The Bertz CT molecular complexity index is 844. The zero-order chi connectivity index (χ0) is 17.7. The summed E-state index contributed by atoms with van der Waals surface area (Å²) in [7, 11) is 2.12. The van der Waals surface area contributed by atoms with Crippen molar-refractivity contribution in [3.05, 3.63) is 40.8 Å². The standard InChI is InChI=1S/C19H23N5O2/c1-23-6-5-15-14(10-23)9-20-18(21-15)13-4-7-24(11-13)19(25)16-8-17(26-22-16)12-2-3-12/h8-9,12-13H,2-7,10-11H2,1H3. The van der Waals surface area contributed by atoms with E-state index < -0.39 is 0 Å². The van der Waals surface area contributed by atoms with Crippen molar-refractivity contribution < 1.29 is 9.32 Å². The van der Waals surface area contributed by atoms with Gasteiger partial charge in [0.1, 0.15) is 11.6 Å². The van der Waals surface area contributed by atoms with Gasteiger partial charge in [0.25, 0.3) is 5.91 Å². The molecule has 1 aliphatic carbocycles. The van der Waals surface area contributed by atoms with Crippen molar-refractivity contribution in [2.75, 3.05) is 26.7 Å². The first-order valence-corrected chi connectivity index (χ1v) is 9.46. The Kier molecular flexibility index (Phi) is 3.77. The van der Waals surface area contributed by atoms with E-state index in [1.807, 2.05) is 17.2 Å². The fourth-order valence-corrected chi connectivity index (χ4v) is 3.94. The highest BCUT2D eigenvalue weighted by Crippen LogP contribution is 2.40.